The quantitative estimate of drug-likeness (QED) is 0.418. The van der Waals surface area contributed by atoms with Crippen molar-refractivity contribution in [3.63, 3.8) is 0 Å². The molecule has 0 unspecified atom stereocenters. The lowest BCUT2D eigenvalue weighted by atomic mass is 10.0. The summed E-state index contributed by atoms with van der Waals surface area (Å²) < 4.78 is 34.7. The summed E-state index contributed by atoms with van der Waals surface area (Å²) in [5, 5.41) is 0. The molecule has 1 aliphatic rings. The molecule has 3 aromatic rings. The van der Waals surface area contributed by atoms with E-state index in [1.807, 2.05) is 30.3 Å². The molecule has 1 aliphatic heterocycles. The minimum absolute atomic E-state index is 0.0935. The fourth-order valence-electron chi connectivity index (χ4n) is 4.57. The highest BCUT2D eigenvalue weighted by Gasteiger charge is 2.34. The zero-order valence-corrected chi connectivity index (χ0v) is 21.0. The van der Waals surface area contributed by atoms with E-state index in [0.29, 0.717) is 11.7 Å². The van der Waals surface area contributed by atoms with Crippen LogP contribution in [-0.2, 0) is 16.6 Å². The predicted octanol–water partition coefficient (Wildman–Crippen LogP) is 5.68. The van der Waals surface area contributed by atoms with Crippen LogP contribution in [0.25, 0.3) is 0 Å². The average Bonchev–Trinajstić information content (AvgIpc) is 2.86. The van der Waals surface area contributed by atoms with E-state index in [-0.39, 0.29) is 10.9 Å². The molecule has 0 spiro atoms. The molecule has 0 radical (unpaired) electrons. The molecule has 180 valence electrons. The zero-order valence-electron chi connectivity index (χ0n) is 20.2. The van der Waals surface area contributed by atoms with Crippen molar-refractivity contribution in [2.24, 2.45) is 0 Å². The number of benzene rings is 3. The van der Waals surface area contributed by atoms with Crippen LogP contribution in [0.5, 0.6) is 5.75 Å². The van der Waals surface area contributed by atoms with Gasteiger partial charge in [-0.15, -0.1) is 0 Å². The molecule has 34 heavy (non-hydrogen) atoms. The van der Waals surface area contributed by atoms with Crippen molar-refractivity contribution in [1.82, 2.24) is 4.90 Å². The van der Waals surface area contributed by atoms with Crippen LogP contribution < -0.4 is 9.04 Å². The molecule has 0 N–H and O–H groups in total. The lowest BCUT2D eigenvalue weighted by Crippen LogP contribution is -2.47. The summed E-state index contributed by atoms with van der Waals surface area (Å²) in [5.74, 6) is 1.03. The van der Waals surface area contributed by atoms with Gasteiger partial charge in [0, 0.05) is 25.7 Å². The molecule has 1 saturated heterocycles. The van der Waals surface area contributed by atoms with Gasteiger partial charge in [0.05, 0.1) is 17.7 Å². The second-order valence-electron chi connectivity index (χ2n) is 9.22. The molecule has 0 aromatic heterocycles. The minimum atomic E-state index is -3.73. The van der Waals surface area contributed by atoms with E-state index < -0.39 is 10.0 Å². The van der Waals surface area contributed by atoms with E-state index in [1.165, 1.54) is 11.1 Å². The summed E-state index contributed by atoms with van der Waals surface area (Å²) >= 11 is 0. The van der Waals surface area contributed by atoms with Gasteiger partial charge in [-0.3, -0.25) is 9.21 Å². The van der Waals surface area contributed by atoms with Crippen molar-refractivity contribution in [2.75, 3.05) is 24.5 Å². The first-order chi connectivity index (χ1) is 16.4. The van der Waals surface area contributed by atoms with E-state index in [0.717, 1.165) is 38.2 Å². The normalized spacial score (nSPS) is 15.4. The number of piperidine rings is 1. The second kappa shape index (κ2) is 10.6. The van der Waals surface area contributed by atoms with E-state index >= 15 is 0 Å². The Kier molecular flexibility index (Phi) is 7.59. The first-order valence-corrected chi connectivity index (χ1v) is 13.4. The molecular weight excluding hydrogens is 444 g/mol. The van der Waals surface area contributed by atoms with Gasteiger partial charge < -0.3 is 4.74 Å². The first-order valence-electron chi connectivity index (χ1n) is 11.9. The summed E-state index contributed by atoms with van der Waals surface area (Å²) in [6.45, 7) is 6.89. The molecule has 3 aromatic carbocycles. The molecule has 0 saturated carbocycles. The minimum Gasteiger partial charge on any atom is -0.497 e. The monoisotopic (exact) mass is 478 g/mol. The molecule has 5 nitrogen and oxygen atoms in total. The van der Waals surface area contributed by atoms with Gasteiger partial charge in [0.15, 0.2) is 0 Å². The molecule has 0 amide bonds. The number of hydrogen-bond donors (Lipinski definition) is 0. The molecule has 4 rings (SSSR count). The molecular formula is C28H34N2O3S. The van der Waals surface area contributed by atoms with Crippen molar-refractivity contribution in [3.8, 4) is 5.75 Å². The number of methoxy groups -OCH3 is 1. The van der Waals surface area contributed by atoms with E-state index in [1.54, 1.807) is 35.7 Å². The van der Waals surface area contributed by atoms with Gasteiger partial charge in [0.1, 0.15) is 5.75 Å². The topological polar surface area (TPSA) is 49.9 Å². The van der Waals surface area contributed by atoms with E-state index in [9.17, 15) is 8.42 Å². The number of hydrogen-bond acceptors (Lipinski definition) is 4. The van der Waals surface area contributed by atoms with E-state index in [2.05, 4.69) is 43.0 Å². The highest BCUT2D eigenvalue weighted by atomic mass is 32.2. The Morgan fingerprint density at radius 2 is 1.53 bits per heavy atom. The molecule has 1 fully saturated rings. The summed E-state index contributed by atoms with van der Waals surface area (Å²) in [4.78, 5) is 2.69. The molecule has 0 bridgehead atoms. The fraction of sp³-hybridized carbons (Fsp3) is 0.357. The maximum absolute atomic E-state index is 13.9. The van der Waals surface area contributed by atoms with Gasteiger partial charge in [0.2, 0.25) is 0 Å². The lowest BCUT2D eigenvalue weighted by Gasteiger charge is -2.39. The number of nitrogens with zero attached hydrogens (tertiary/aromatic N) is 2. The van der Waals surface area contributed by atoms with Crippen LogP contribution in [0.15, 0.2) is 83.8 Å². The van der Waals surface area contributed by atoms with Gasteiger partial charge in [-0.1, -0.05) is 56.3 Å². The summed E-state index contributed by atoms with van der Waals surface area (Å²) in [6, 6.07) is 25.0. The number of rotatable bonds is 8. The Hall–Kier alpha value is -2.83. The fourth-order valence-corrected chi connectivity index (χ4v) is 6.28. The first kappa shape index (κ1) is 24.3. The number of likely N-dealkylation sites (tertiary alicyclic amines) is 1. The van der Waals surface area contributed by atoms with Crippen molar-refractivity contribution in [1.29, 1.82) is 0 Å². The van der Waals surface area contributed by atoms with Crippen molar-refractivity contribution in [3.05, 3.63) is 90.0 Å². The number of ether oxygens (including phenoxy) is 1. The van der Waals surface area contributed by atoms with Crippen LogP contribution in [0.1, 0.15) is 43.7 Å². The standard InChI is InChI=1S/C28H34N2O3S/c1-22(2)24-9-11-25(12-10-24)30(34(31,32)28-15-13-27(33-3)14-16-28)26-17-19-29(20-18-26)21-23-7-5-4-6-8-23/h4-16,22,26H,17-21H2,1-3H3. The van der Waals surface area contributed by atoms with Gasteiger partial charge in [-0.05, 0) is 66.3 Å². The molecule has 1 heterocycles. The van der Waals surface area contributed by atoms with Crippen molar-refractivity contribution >= 4 is 15.7 Å². The number of anilines is 1. The van der Waals surface area contributed by atoms with Crippen LogP contribution in [0, 0.1) is 0 Å². The second-order valence-corrected chi connectivity index (χ2v) is 11.0. The highest BCUT2D eigenvalue weighted by Crippen LogP contribution is 2.32. The van der Waals surface area contributed by atoms with Crippen molar-refractivity contribution < 1.29 is 13.2 Å². The SMILES string of the molecule is COc1ccc(S(=O)(=O)N(c2ccc(C(C)C)cc2)C2CCN(Cc3ccccc3)CC2)cc1. The summed E-state index contributed by atoms with van der Waals surface area (Å²) in [7, 11) is -2.15. The summed E-state index contributed by atoms with van der Waals surface area (Å²) in [6.07, 6.45) is 1.57. The Labute approximate surface area is 204 Å². The Balaban J connectivity index is 1.60. The molecule has 0 aliphatic carbocycles. The largest absolute Gasteiger partial charge is 0.497 e. The van der Waals surface area contributed by atoms with Gasteiger partial charge >= 0.3 is 0 Å². The maximum atomic E-state index is 13.9. The zero-order chi connectivity index (χ0) is 24.1. The average molecular weight is 479 g/mol. The van der Waals surface area contributed by atoms with Gasteiger partial charge in [0.25, 0.3) is 10.0 Å². The maximum Gasteiger partial charge on any atom is 0.264 e. The number of sulfonamides is 1. The Morgan fingerprint density at radius 1 is 0.912 bits per heavy atom. The van der Waals surface area contributed by atoms with Crippen LogP contribution in [-0.4, -0.2) is 39.6 Å². The summed E-state index contributed by atoms with van der Waals surface area (Å²) in [5.41, 5.74) is 3.21. The highest BCUT2D eigenvalue weighted by molar-refractivity contribution is 7.92. The lowest BCUT2D eigenvalue weighted by molar-refractivity contribution is 0.206. The Bertz CT molecular complexity index is 1150. The third-order valence-electron chi connectivity index (χ3n) is 6.57. The third-order valence-corrected chi connectivity index (χ3v) is 8.46. The predicted molar refractivity (Wildman–Crippen MR) is 138 cm³/mol. The third kappa shape index (κ3) is 5.45. The van der Waals surface area contributed by atoms with Crippen LogP contribution in [0.2, 0.25) is 0 Å². The van der Waals surface area contributed by atoms with Gasteiger partial charge in [-0.2, -0.15) is 0 Å². The van der Waals surface area contributed by atoms with Crippen LogP contribution in [0.3, 0.4) is 0 Å². The smallest absolute Gasteiger partial charge is 0.264 e. The van der Waals surface area contributed by atoms with Crippen LogP contribution in [0.4, 0.5) is 5.69 Å². The molecule has 6 heteroatoms. The molecule has 0 atom stereocenters. The van der Waals surface area contributed by atoms with E-state index in [4.69, 9.17) is 4.74 Å². The van der Waals surface area contributed by atoms with Gasteiger partial charge in [-0.25, -0.2) is 8.42 Å². The van der Waals surface area contributed by atoms with Crippen molar-refractivity contribution in [2.45, 2.75) is 50.1 Å². The Morgan fingerprint density at radius 3 is 2.09 bits per heavy atom. The van der Waals surface area contributed by atoms with Crippen LogP contribution >= 0.6 is 0 Å².